The zero-order valence-corrected chi connectivity index (χ0v) is 10.8. The van der Waals surface area contributed by atoms with E-state index in [0.717, 1.165) is 12.8 Å². The molecule has 1 aromatic heterocycles. The monoisotopic (exact) mass is 281 g/mol. The number of aromatic nitrogens is 2. The van der Waals surface area contributed by atoms with Crippen molar-refractivity contribution in [3.63, 3.8) is 0 Å². The highest BCUT2D eigenvalue weighted by Crippen LogP contribution is 2.40. The number of anilines is 1. The van der Waals surface area contributed by atoms with Crippen LogP contribution in [-0.2, 0) is 0 Å². The Labute approximate surface area is 113 Å². The Kier molecular flexibility index (Phi) is 3.04. The van der Waals surface area contributed by atoms with E-state index < -0.39 is 6.61 Å². The summed E-state index contributed by atoms with van der Waals surface area (Å²) in [6, 6.07) is 2.92. The SMILES string of the molecule is COc1cc2c(N)nc(C3CC3)nc2cc1OC(F)F. The van der Waals surface area contributed by atoms with Crippen molar-refractivity contribution in [2.75, 3.05) is 12.8 Å². The predicted octanol–water partition coefficient (Wildman–Crippen LogP) is 2.70. The highest BCUT2D eigenvalue weighted by molar-refractivity contribution is 5.90. The molecular formula is C13H13F2N3O2. The molecule has 0 aliphatic heterocycles. The van der Waals surface area contributed by atoms with Crippen LogP contribution in [0.3, 0.4) is 0 Å². The Balaban J connectivity index is 2.14. The molecule has 2 aromatic rings. The smallest absolute Gasteiger partial charge is 0.387 e. The first-order valence-corrected chi connectivity index (χ1v) is 6.18. The number of ether oxygens (including phenoxy) is 2. The van der Waals surface area contributed by atoms with Crippen molar-refractivity contribution < 1.29 is 18.3 Å². The first-order valence-electron chi connectivity index (χ1n) is 6.18. The second-order valence-corrected chi connectivity index (χ2v) is 4.64. The van der Waals surface area contributed by atoms with Gasteiger partial charge in [0, 0.05) is 17.4 Å². The van der Waals surface area contributed by atoms with Crippen LogP contribution in [0.4, 0.5) is 14.6 Å². The van der Waals surface area contributed by atoms with E-state index in [9.17, 15) is 8.78 Å². The van der Waals surface area contributed by atoms with E-state index in [1.165, 1.54) is 19.2 Å². The molecule has 0 spiro atoms. The summed E-state index contributed by atoms with van der Waals surface area (Å²) in [5.41, 5.74) is 6.38. The molecule has 1 aliphatic carbocycles. The number of benzene rings is 1. The van der Waals surface area contributed by atoms with E-state index in [0.29, 0.717) is 28.5 Å². The molecule has 1 aliphatic rings. The van der Waals surface area contributed by atoms with E-state index >= 15 is 0 Å². The van der Waals surface area contributed by atoms with Crippen LogP contribution in [0.25, 0.3) is 10.9 Å². The highest BCUT2D eigenvalue weighted by atomic mass is 19.3. The second kappa shape index (κ2) is 4.73. The minimum absolute atomic E-state index is 0.0603. The van der Waals surface area contributed by atoms with Crippen molar-refractivity contribution >= 4 is 16.7 Å². The molecule has 1 saturated carbocycles. The van der Waals surface area contributed by atoms with Gasteiger partial charge in [-0.1, -0.05) is 0 Å². The average Bonchev–Trinajstić information content (AvgIpc) is 3.21. The third-order valence-corrected chi connectivity index (χ3v) is 3.19. The predicted molar refractivity (Wildman–Crippen MR) is 69.1 cm³/mol. The van der Waals surface area contributed by atoms with Crippen LogP contribution in [-0.4, -0.2) is 23.7 Å². The second-order valence-electron chi connectivity index (χ2n) is 4.64. The van der Waals surface area contributed by atoms with E-state index in [4.69, 9.17) is 10.5 Å². The number of fused-ring (bicyclic) bond motifs is 1. The number of nitrogen functional groups attached to an aromatic ring is 1. The van der Waals surface area contributed by atoms with E-state index in [1.54, 1.807) is 0 Å². The molecule has 0 bridgehead atoms. The lowest BCUT2D eigenvalue weighted by atomic mass is 10.2. The van der Waals surface area contributed by atoms with Crippen molar-refractivity contribution in [2.24, 2.45) is 0 Å². The third kappa shape index (κ3) is 2.31. The molecule has 0 atom stereocenters. The molecule has 7 heteroatoms. The van der Waals surface area contributed by atoms with E-state index in [1.807, 2.05) is 0 Å². The van der Waals surface area contributed by atoms with Crippen molar-refractivity contribution in [3.8, 4) is 11.5 Å². The van der Waals surface area contributed by atoms with Gasteiger partial charge in [-0.15, -0.1) is 0 Å². The normalized spacial score (nSPS) is 14.8. The summed E-state index contributed by atoms with van der Waals surface area (Å²) in [7, 11) is 1.37. The van der Waals surface area contributed by atoms with Gasteiger partial charge in [0.1, 0.15) is 11.6 Å². The van der Waals surface area contributed by atoms with Gasteiger partial charge in [0.05, 0.1) is 12.6 Å². The van der Waals surface area contributed by atoms with Crippen LogP contribution in [0, 0.1) is 0 Å². The van der Waals surface area contributed by atoms with Crippen molar-refractivity contribution in [1.82, 2.24) is 9.97 Å². The Morgan fingerprint density at radius 1 is 1.25 bits per heavy atom. The minimum atomic E-state index is -2.93. The lowest BCUT2D eigenvalue weighted by molar-refractivity contribution is -0.0511. The largest absolute Gasteiger partial charge is 0.493 e. The number of halogens is 2. The van der Waals surface area contributed by atoms with Gasteiger partial charge in [0.15, 0.2) is 11.5 Å². The van der Waals surface area contributed by atoms with Crippen LogP contribution in [0.2, 0.25) is 0 Å². The summed E-state index contributed by atoms with van der Waals surface area (Å²) >= 11 is 0. The maximum Gasteiger partial charge on any atom is 0.387 e. The first-order chi connectivity index (χ1) is 9.58. The average molecular weight is 281 g/mol. The molecular weight excluding hydrogens is 268 g/mol. The number of nitrogens with zero attached hydrogens (tertiary/aromatic N) is 2. The fourth-order valence-electron chi connectivity index (χ4n) is 2.05. The Hall–Kier alpha value is -2.18. The molecule has 20 heavy (non-hydrogen) atoms. The lowest BCUT2D eigenvalue weighted by Crippen LogP contribution is -2.05. The molecule has 106 valence electrons. The molecule has 2 N–H and O–H groups in total. The summed E-state index contributed by atoms with van der Waals surface area (Å²) in [4.78, 5) is 8.62. The van der Waals surface area contributed by atoms with Crippen LogP contribution in [0.1, 0.15) is 24.6 Å². The fourth-order valence-corrected chi connectivity index (χ4v) is 2.05. The maximum atomic E-state index is 12.4. The number of alkyl halides is 2. The standard InChI is InChI=1S/C13H13F2N3O2/c1-19-9-4-7-8(5-10(9)20-13(14)15)17-12(6-2-3-6)18-11(7)16/h4-6,13H,2-3H2,1H3,(H2,16,17,18). The molecule has 1 heterocycles. The lowest BCUT2D eigenvalue weighted by Gasteiger charge is -2.12. The summed E-state index contributed by atoms with van der Waals surface area (Å²) in [6.45, 7) is -2.93. The van der Waals surface area contributed by atoms with Gasteiger partial charge < -0.3 is 15.2 Å². The Bertz CT molecular complexity index is 660. The molecule has 3 rings (SSSR count). The third-order valence-electron chi connectivity index (χ3n) is 3.19. The van der Waals surface area contributed by atoms with Gasteiger partial charge in [-0.3, -0.25) is 0 Å². The summed E-state index contributed by atoms with van der Waals surface area (Å²) < 4.78 is 34.3. The fraction of sp³-hybridized carbons (Fsp3) is 0.385. The molecule has 0 unspecified atom stereocenters. The molecule has 0 saturated heterocycles. The van der Waals surface area contributed by atoms with Crippen LogP contribution < -0.4 is 15.2 Å². The number of methoxy groups -OCH3 is 1. The van der Waals surface area contributed by atoms with E-state index in [-0.39, 0.29) is 11.5 Å². The zero-order valence-electron chi connectivity index (χ0n) is 10.8. The minimum Gasteiger partial charge on any atom is -0.493 e. The quantitative estimate of drug-likeness (QED) is 0.933. The Morgan fingerprint density at radius 3 is 2.60 bits per heavy atom. The van der Waals surface area contributed by atoms with Gasteiger partial charge >= 0.3 is 6.61 Å². The molecule has 0 amide bonds. The molecule has 1 aromatic carbocycles. The summed E-state index contributed by atoms with van der Waals surface area (Å²) in [5, 5.41) is 0.563. The Morgan fingerprint density at radius 2 is 2.00 bits per heavy atom. The van der Waals surface area contributed by atoms with Gasteiger partial charge in [-0.2, -0.15) is 8.78 Å². The van der Waals surface area contributed by atoms with Gasteiger partial charge in [0.25, 0.3) is 0 Å². The number of hydrogen-bond acceptors (Lipinski definition) is 5. The maximum absolute atomic E-state index is 12.4. The number of hydrogen-bond donors (Lipinski definition) is 1. The summed E-state index contributed by atoms with van der Waals surface area (Å²) in [6.07, 6.45) is 2.06. The van der Waals surface area contributed by atoms with Crippen LogP contribution in [0.15, 0.2) is 12.1 Å². The van der Waals surface area contributed by atoms with Gasteiger partial charge in [-0.25, -0.2) is 9.97 Å². The molecule has 1 fully saturated rings. The first kappa shape index (κ1) is 12.8. The van der Waals surface area contributed by atoms with Crippen molar-refractivity contribution in [1.29, 1.82) is 0 Å². The topological polar surface area (TPSA) is 70.3 Å². The van der Waals surface area contributed by atoms with Gasteiger partial charge in [-0.05, 0) is 18.9 Å². The van der Waals surface area contributed by atoms with Crippen molar-refractivity contribution in [3.05, 3.63) is 18.0 Å². The van der Waals surface area contributed by atoms with E-state index in [2.05, 4.69) is 14.7 Å². The number of rotatable bonds is 4. The van der Waals surface area contributed by atoms with Crippen LogP contribution in [0.5, 0.6) is 11.5 Å². The number of nitrogens with two attached hydrogens (primary N) is 1. The summed E-state index contributed by atoms with van der Waals surface area (Å²) in [5.74, 6) is 1.41. The van der Waals surface area contributed by atoms with Gasteiger partial charge in [0.2, 0.25) is 0 Å². The zero-order chi connectivity index (χ0) is 14.3. The van der Waals surface area contributed by atoms with Crippen LogP contribution >= 0.6 is 0 Å². The molecule has 0 radical (unpaired) electrons. The molecule has 5 nitrogen and oxygen atoms in total. The highest BCUT2D eigenvalue weighted by Gasteiger charge is 2.27. The van der Waals surface area contributed by atoms with Crippen molar-refractivity contribution in [2.45, 2.75) is 25.4 Å².